The van der Waals surface area contributed by atoms with Crippen LogP contribution in [0, 0.1) is 5.82 Å². The molecule has 0 saturated heterocycles. The van der Waals surface area contributed by atoms with Crippen LogP contribution in [0.1, 0.15) is 29.7 Å². The summed E-state index contributed by atoms with van der Waals surface area (Å²) in [5.74, 6) is -0.253. The summed E-state index contributed by atoms with van der Waals surface area (Å²) in [6, 6.07) is 23.3. The van der Waals surface area contributed by atoms with E-state index in [9.17, 15) is 9.18 Å². The van der Waals surface area contributed by atoms with Gasteiger partial charge in [0.25, 0.3) is 0 Å². The molecule has 1 aliphatic heterocycles. The summed E-state index contributed by atoms with van der Waals surface area (Å²) in [4.78, 5) is 14.8. The predicted octanol–water partition coefficient (Wildman–Crippen LogP) is 6.03. The van der Waals surface area contributed by atoms with Gasteiger partial charge < -0.3 is 10.2 Å². The highest BCUT2D eigenvalue weighted by atomic mass is 32.2. The fourth-order valence-electron chi connectivity index (χ4n) is 3.65. The van der Waals surface area contributed by atoms with E-state index >= 15 is 0 Å². The third-order valence-electron chi connectivity index (χ3n) is 5.00. The Bertz CT molecular complexity index is 1010. The SMILES string of the molecule is CC(=O)Nc1ccc(CN2CCC(c3cccc(F)c3)Sc3ccccc32)cc1. The van der Waals surface area contributed by atoms with Crippen molar-refractivity contribution < 1.29 is 9.18 Å². The normalized spacial score (nSPS) is 16.1. The van der Waals surface area contributed by atoms with Gasteiger partial charge >= 0.3 is 0 Å². The van der Waals surface area contributed by atoms with Gasteiger partial charge in [-0.25, -0.2) is 4.39 Å². The molecule has 0 radical (unpaired) electrons. The Kier molecular flexibility index (Phi) is 5.86. The Morgan fingerprint density at radius 1 is 1.10 bits per heavy atom. The Morgan fingerprint density at radius 2 is 1.90 bits per heavy atom. The van der Waals surface area contributed by atoms with Gasteiger partial charge in [0.15, 0.2) is 0 Å². The molecule has 0 aromatic heterocycles. The highest BCUT2D eigenvalue weighted by Gasteiger charge is 2.23. The lowest BCUT2D eigenvalue weighted by Gasteiger charge is -2.25. The first kappa shape index (κ1) is 19.5. The molecule has 1 amide bonds. The van der Waals surface area contributed by atoms with Crippen molar-refractivity contribution in [3.05, 3.63) is 89.7 Å². The molecule has 4 rings (SSSR count). The zero-order valence-corrected chi connectivity index (χ0v) is 17.1. The first-order chi connectivity index (χ1) is 14.1. The van der Waals surface area contributed by atoms with Crippen molar-refractivity contribution in [2.24, 2.45) is 0 Å². The first-order valence-corrected chi connectivity index (χ1v) is 10.6. The molecule has 1 aliphatic rings. The van der Waals surface area contributed by atoms with Crippen LogP contribution in [0.3, 0.4) is 0 Å². The number of anilines is 2. The lowest BCUT2D eigenvalue weighted by Crippen LogP contribution is -2.24. The van der Waals surface area contributed by atoms with Crippen LogP contribution in [-0.4, -0.2) is 12.5 Å². The average molecular weight is 407 g/mol. The van der Waals surface area contributed by atoms with E-state index in [1.54, 1.807) is 12.1 Å². The molecule has 0 saturated carbocycles. The van der Waals surface area contributed by atoms with Gasteiger partial charge in [0.2, 0.25) is 5.91 Å². The molecule has 3 nitrogen and oxygen atoms in total. The second-order valence-electron chi connectivity index (χ2n) is 7.22. The number of nitrogens with zero attached hydrogens (tertiary/aromatic N) is 1. The highest BCUT2D eigenvalue weighted by molar-refractivity contribution is 7.99. The molecule has 0 spiro atoms. The van der Waals surface area contributed by atoms with Crippen molar-refractivity contribution in [3.8, 4) is 0 Å². The summed E-state index contributed by atoms with van der Waals surface area (Å²) in [7, 11) is 0. The molecular formula is C24H23FN2OS. The van der Waals surface area contributed by atoms with Gasteiger partial charge in [-0.2, -0.15) is 0 Å². The summed E-state index contributed by atoms with van der Waals surface area (Å²) >= 11 is 1.81. The molecule has 5 heteroatoms. The molecule has 0 bridgehead atoms. The van der Waals surface area contributed by atoms with E-state index in [4.69, 9.17) is 0 Å². The van der Waals surface area contributed by atoms with E-state index in [1.165, 1.54) is 29.1 Å². The van der Waals surface area contributed by atoms with Crippen LogP contribution in [0.5, 0.6) is 0 Å². The number of thioether (sulfide) groups is 1. The third kappa shape index (κ3) is 4.80. The molecule has 1 atom stereocenters. The minimum atomic E-state index is -0.184. The smallest absolute Gasteiger partial charge is 0.221 e. The molecule has 0 aliphatic carbocycles. The summed E-state index contributed by atoms with van der Waals surface area (Å²) in [6.07, 6.45) is 0.937. The molecule has 3 aromatic rings. The number of hydrogen-bond acceptors (Lipinski definition) is 3. The van der Waals surface area contributed by atoms with Crippen LogP contribution in [0.15, 0.2) is 77.7 Å². The molecule has 29 heavy (non-hydrogen) atoms. The molecular weight excluding hydrogens is 383 g/mol. The van der Waals surface area contributed by atoms with Gasteiger partial charge in [0, 0.05) is 35.8 Å². The Balaban J connectivity index is 1.56. The van der Waals surface area contributed by atoms with Gasteiger partial charge in [0.05, 0.1) is 5.69 Å². The first-order valence-electron chi connectivity index (χ1n) is 9.71. The minimum Gasteiger partial charge on any atom is -0.366 e. The zero-order chi connectivity index (χ0) is 20.2. The topological polar surface area (TPSA) is 32.3 Å². The lowest BCUT2D eigenvalue weighted by atomic mass is 10.1. The molecule has 1 heterocycles. The van der Waals surface area contributed by atoms with Crippen molar-refractivity contribution in [1.29, 1.82) is 0 Å². The number of nitrogens with one attached hydrogen (secondary N) is 1. The summed E-state index contributed by atoms with van der Waals surface area (Å²) in [6.45, 7) is 3.18. The van der Waals surface area contributed by atoms with Gasteiger partial charge in [-0.05, 0) is 53.9 Å². The van der Waals surface area contributed by atoms with E-state index in [0.29, 0.717) is 0 Å². The third-order valence-corrected chi connectivity index (χ3v) is 6.40. The number of hydrogen-bond donors (Lipinski definition) is 1. The number of carbonyl (C=O) groups excluding carboxylic acids is 1. The molecule has 3 aromatic carbocycles. The number of rotatable bonds is 4. The number of amides is 1. The van der Waals surface area contributed by atoms with E-state index in [1.807, 2.05) is 30.0 Å². The number of halogens is 1. The van der Waals surface area contributed by atoms with E-state index < -0.39 is 0 Å². The maximum Gasteiger partial charge on any atom is 0.221 e. The van der Waals surface area contributed by atoms with Crippen molar-refractivity contribution >= 4 is 29.0 Å². The quantitative estimate of drug-likeness (QED) is 0.574. The Labute approximate surface area is 174 Å². The van der Waals surface area contributed by atoms with Crippen LogP contribution in [0.2, 0.25) is 0 Å². The summed E-state index contributed by atoms with van der Waals surface area (Å²) in [5, 5.41) is 3.02. The van der Waals surface area contributed by atoms with Crippen molar-refractivity contribution in [2.45, 2.75) is 30.0 Å². The predicted molar refractivity (Wildman–Crippen MR) is 118 cm³/mol. The zero-order valence-electron chi connectivity index (χ0n) is 16.3. The van der Waals surface area contributed by atoms with Crippen molar-refractivity contribution in [2.75, 3.05) is 16.8 Å². The number of fused-ring (bicyclic) bond motifs is 1. The summed E-state index contributed by atoms with van der Waals surface area (Å²) < 4.78 is 13.7. The fourth-order valence-corrected chi connectivity index (χ4v) is 4.93. The van der Waals surface area contributed by atoms with Crippen LogP contribution in [0.4, 0.5) is 15.8 Å². The van der Waals surface area contributed by atoms with Gasteiger partial charge in [-0.3, -0.25) is 4.79 Å². The van der Waals surface area contributed by atoms with Gasteiger partial charge in [-0.1, -0.05) is 36.4 Å². The van der Waals surface area contributed by atoms with Crippen LogP contribution in [-0.2, 0) is 11.3 Å². The number of benzene rings is 3. The van der Waals surface area contributed by atoms with Crippen LogP contribution in [0.25, 0.3) is 0 Å². The van der Waals surface area contributed by atoms with Gasteiger partial charge in [-0.15, -0.1) is 11.8 Å². The second-order valence-corrected chi connectivity index (χ2v) is 8.46. The molecule has 148 valence electrons. The van der Waals surface area contributed by atoms with Crippen molar-refractivity contribution in [1.82, 2.24) is 0 Å². The standard InChI is InChI=1S/C24H23FN2OS/c1-17(28)26-21-11-9-18(10-12-21)16-27-14-13-23(19-5-4-6-20(25)15-19)29-24-8-3-2-7-22(24)27/h2-12,15,23H,13-14,16H2,1H3,(H,26,28). The highest BCUT2D eigenvalue weighted by Crippen LogP contribution is 2.45. The maximum atomic E-state index is 13.7. The van der Waals surface area contributed by atoms with Crippen molar-refractivity contribution in [3.63, 3.8) is 0 Å². The van der Waals surface area contributed by atoms with E-state index in [-0.39, 0.29) is 17.0 Å². The number of para-hydroxylation sites is 1. The summed E-state index contributed by atoms with van der Waals surface area (Å²) in [5.41, 5.74) is 4.23. The Hall–Kier alpha value is -2.79. The van der Waals surface area contributed by atoms with Crippen LogP contribution < -0.4 is 10.2 Å². The van der Waals surface area contributed by atoms with E-state index in [0.717, 1.165) is 30.8 Å². The van der Waals surface area contributed by atoms with E-state index in [2.05, 4.69) is 46.6 Å². The van der Waals surface area contributed by atoms with Crippen LogP contribution >= 0.6 is 11.8 Å². The largest absolute Gasteiger partial charge is 0.366 e. The van der Waals surface area contributed by atoms with Gasteiger partial charge in [0.1, 0.15) is 5.82 Å². The Morgan fingerprint density at radius 3 is 2.66 bits per heavy atom. The number of carbonyl (C=O) groups is 1. The molecule has 1 N–H and O–H groups in total. The maximum absolute atomic E-state index is 13.7. The monoisotopic (exact) mass is 406 g/mol. The second kappa shape index (κ2) is 8.70. The fraction of sp³-hybridized carbons (Fsp3) is 0.208. The molecule has 1 unspecified atom stereocenters. The minimum absolute atomic E-state index is 0.0698. The average Bonchev–Trinajstić information content (AvgIpc) is 2.89. The lowest BCUT2D eigenvalue weighted by molar-refractivity contribution is -0.114. The molecule has 0 fully saturated rings.